The second-order valence-corrected chi connectivity index (χ2v) is 5.15. The fraction of sp³-hybridized carbons (Fsp3) is 0.357. The summed E-state index contributed by atoms with van der Waals surface area (Å²) < 4.78 is 0. The first-order valence-electron chi connectivity index (χ1n) is 6.40. The monoisotopic (exact) mass is 274 g/mol. The molecule has 6 heteroatoms. The largest absolute Gasteiger partial charge is 0.398 e. The van der Waals surface area contributed by atoms with Gasteiger partial charge in [-0.1, -0.05) is 6.07 Å². The molecule has 0 saturated carbocycles. The van der Waals surface area contributed by atoms with Crippen LogP contribution in [-0.4, -0.2) is 37.1 Å². The second-order valence-electron chi connectivity index (χ2n) is 5.15. The van der Waals surface area contributed by atoms with Crippen LogP contribution < -0.4 is 16.5 Å². The average Bonchev–Trinajstić information content (AvgIpc) is 2.38. The molecule has 0 spiro atoms. The Morgan fingerprint density at radius 1 is 1.45 bits per heavy atom. The van der Waals surface area contributed by atoms with Crippen LogP contribution in [0.2, 0.25) is 0 Å². The lowest BCUT2D eigenvalue weighted by molar-refractivity contribution is -0.413. The Bertz CT molecular complexity index is 608. The highest BCUT2D eigenvalue weighted by Crippen LogP contribution is 2.33. The molecule has 0 bridgehead atoms. The van der Waals surface area contributed by atoms with Crippen molar-refractivity contribution < 1.29 is 9.79 Å². The summed E-state index contributed by atoms with van der Waals surface area (Å²) in [6.45, 7) is 1.90. The fourth-order valence-electron chi connectivity index (χ4n) is 2.27. The van der Waals surface area contributed by atoms with Crippen LogP contribution in [0.25, 0.3) is 0 Å². The van der Waals surface area contributed by atoms with Crippen molar-refractivity contribution >= 4 is 23.8 Å². The van der Waals surface area contributed by atoms with Crippen molar-refractivity contribution in [3.05, 3.63) is 29.3 Å². The topological polar surface area (TPSA) is 98.7 Å². The molecular formula is C14H20N5O+. The molecule has 1 aromatic rings. The maximum Gasteiger partial charge on any atom is 0.231 e. The Labute approximate surface area is 118 Å². The molecule has 1 heterocycles. The van der Waals surface area contributed by atoms with Crippen LogP contribution in [0, 0.1) is 0 Å². The Balaban J connectivity index is 2.50. The molecule has 5 N–H and O–H groups in total. The number of anilines is 1. The number of carbonyl (C=O) groups is 1. The lowest BCUT2D eigenvalue weighted by Crippen LogP contribution is -2.63. The Morgan fingerprint density at radius 2 is 2.15 bits per heavy atom. The smallest absolute Gasteiger partial charge is 0.231 e. The zero-order chi connectivity index (χ0) is 14.9. The Kier molecular flexibility index (Phi) is 3.48. The van der Waals surface area contributed by atoms with E-state index in [1.165, 1.54) is 4.90 Å². The summed E-state index contributed by atoms with van der Waals surface area (Å²) in [7, 11) is 3.44. The zero-order valence-electron chi connectivity index (χ0n) is 12.0. The number of guanidine groups is 1. The molecule has 106 valence electrons. The Morgan fingerprint density at radius 3 is 2.75 bits per heavy atom. The third-order valence-corrected chi connectivity index (χ3v) is 3.58. The second kappa shape index (κ2) is 4.96. The van der Waals surface area contributed by atoms with Gasteiger partial charge in [-0.3, -0.25) is 14.7 Å². The number of nitrogens with two attached hydrogens (primary N) is 2. The number of hydrogen-bond donors (Lipinski definition) is 3. The number of carbonyl (C=O) groups excluding carboxylic acids is 1. The lowest BCUT2D eigenvalue weighted by atomic mass is 9.86. The van der Waals surface area contributed by atoms with Gasteiger partial charge in [0.25, 0.3) is 0 Å². The highest BCUT2D eigenvalue weighted by Gasteiger charge is 2.36. The molecule has 2 rings (SSSR count). The molecule has 0 saturated heterocycles. The molecule has 20 heavy (non-hydrogen) atoms. The van der Waals surface area contributed by atoms with Gasteiger partial charge in [-0.2, -0.15) is 0 Å². The predicted octanol–water partition coefficient (Wildman–Crippen LogP) is -1.21. The highest BCUT2D eigenvalue weighted by molar-refractivity contribution is 5.98. The SMILES string of the molecule is C[NH+]=Cc1cc([C@]2(C)CC(=O)N(C)C(N)=N2)ccc1N. The summed E-state index contributed by atoms with van der Waals surface area (Å²) in [5, 5.41) is 0. The first kappa shape index (κ1) is 14.0. The van der Waals surface area contributed by atoms with Crippen molar-refractivity contribution in [3.8, 4) is 0 Å². The molecule has 0 aliphatic carbocycles. The number of aliphatic imine (C=N–C) groups is 1. The number of nitrogens with one attached hydrogen (secondary N) is 1. The van der Waals surface area contributed by atoms with Gasteiger partial charge < -0.3 is 11.5 Å². The van der Waals surface area contributed by atoms with Crippen LogP contribution in [0.5, 0.6) is 0 Å². The van der Waals surface area contributed by atoms with Gasteiger partial charge in [0.15, 0.2) is 12.2 Å². The van der Waals surface area contributed by atoms with E-state index in [-0.39, 0.29) is 18.3 Å². The van der Waals surface area contributed by atoms with E-state index in [1.54, 1.807) is 7.05 Å². The minimum atomic E-state index is -0.655. The molecule has 0 fully saturated rings. The van der Waals surface area contributed by atoms with E-state index in [4.69, 9.17) is 11.5 Å². The molecule has 1 aliphatic heterocycles. The molecule has 1 aliphatic rings. The van der Waals surface area contributed by atoms with Crippen LogP contribution >= 0.6 is 0 Å². The van der Waals surface area contributed by atoms with Crippen LogP contribution in [-0.2, 0) is 10.3 Å². The van der Waals surface area contributed by atoms with E-state index >= 15 is 0 Å². The molecule has 0 unspecified atom stereocenters. The van der Waals surface area contributed by atoms with Crippen LogP contribution in [0.1, 0.15) is 24.5 Å². The van der Waals surface area contributed by atoms with Gasteiger partial charge >= 0.3 is 0 Å². The number of nitrogens with zero attached hydrogens (tertiary/aromatic N) is 2. The van der Waals surface area contributed by atoms with Gasteiger partial charge in [-0.15, -0.1) is 0 Å². The zero-order valence-corrected chi connectivity index (χ0v) is 12.0. The molecule has 0 aromatic heterocycles. The number of amides is 1. The maximum absolute atomic E-state index is 12.0. The van der Waals surface area contributed by atoms with E-state index in [0.29, 0.717) is 5.69 Å². The molecule has 0 radical (unpaired) electrons. The third kappa shape index (κ3) is 2.36. The quantitative estimate of drug-likeness (QED) is 0.466. The van der Waals surface area contributed by atoms with Gasteiger partial charge in [-0.25, -0.2) is 4.99 Å². The van der Waals surface area contributed by atoms with Gasteiger partial charge in [0.1, 0.15) is 7.05 Å². The Hall–Kier alpha value is -2.37. The van der Waals surface area contributed by atoms with E-state index in [2.05, 4.69) is 9.98 Å². The number of nitrogen functional groups attached to an aromatic ring is 1. The minimum absolute atomic E-state index is 0.0454. The minimum Gasteiger partial charge on any atom is -0.398 e. The summed E-state index contributed by atoms with van der Waals surface area (Å²) in [5.74, 6) is 0.190. The van der Waals surface area contributed by atoms with Crippen LogP contribution in [0.3, 0.4) is 0 Å². The maximum atomic E-state index is 12.0. The fourth-order valence-corrected chi connectivity index (χ4v) is 2.27. The van der Waals surface area contributed by atoms with E-state index in [0.717, 1.165) is 11.1 Å². The van der Waals surface area contributed by atoms with Gasteiger partial charge in [0, 0.05) is 12.7 Å². The van der Waals surface area contributed by atoms with E-state index < -0.39 is 5.54 Å². The highest BCUT2D eigenvalue weighted by atomic mass is 16.2. The number of rotatable bonds is 2. The van der Waals surface area contributed by atoms with Gasteiger partial charge in [-0.05, 0) is 24.6 Å². The third-order valence-electron chi connectivity index (χ3n) is 3.58. The van der Waals surface area contributed by atoms with Crippen LogP contribution in [0.15, 0.2) is 23.2 Å². The normalized spacial score (nSPS) is 23.2. The number of hydrogen-bond acceptors (Lipinski definition) is 4. The van der Waals surface area contributed by atoms with Crippen LogP contribution in [0.4, 0.5) is 5.69 Å². The lowest BCUT2D eigenvalue weighted by Gasteiger charge is -2.33. The van der Waals surface area contributed by atoms with Crippen molar-refractivity contribution in [2.24, 2.45) is 10.7 Å². The summed E-state index contributed by atoms with van der Waals surface area (Å²) >= 11 is 0. The summed E-state index contributed by atoms with van der Waals surface area (Å²) in [6.07, 6.45) is 2.10. The van der Waals surface area contributed by atoms with Crippen molar-refractivity contribution in [1.29, 1.82) is 0 Å². The predicted molar refractivity (Wildman–Crippen MR) is 79.3 cm³/mol. The van der Waals surface area contributed by atoms with E-state index in [9.17, 15) is 4.79 Å². The van der Waals surface area contributed by atoms with Gasteiger partial charge in [0.2, 0.25) is 5.91 Å². The van der Waals surface area contributed by atoms with Gasteiger partial charge in [0.05, 0.1) is 17.5 Å². The summed E-state index contributed by atoms with van der Waals surface area (Å²) in [5.41, 5.74) is 13.5. The molecule has 1 aromatic carbocycles. The molecule has 1 atom stereocenters. The van der Waals surface area contributed by atoms with Crippen molar-refractivity contribution in [2.45, 2.75) is 18.9 Å². The number of benzene rings is 1. The standard InChI is InChI=1S/C14H19N5O/c1-14(7-12(20)19(3)13(16)18-14)10-4-5-11(15)9(6-10)8-17-2/h4-6,8H,7,15H2,1-3H3,(H2,16,18)/p+1/t14-/m0/s1. The molecular weight excluding hydrogens is 254 g/mol. The average molecular weight is 274 g/mol. The summed E-state index contributed by atoms with van der Waals surface area (Å²) in [4.78, 5) is 20.8. The first-order chi connectivity index (χ1) is 9.37. The molecule has 1 amide bonds. The van der Waals surface area contributed by atoms with Crippen molar-refractivity contribution in [2.75, 3.05) is 19.8 Å². The summed E-state index contributed by atoms with van der Waals surface area (Å²) in [6, 6.07) is 5.64. The molecule has 6 nitrogen and oxygen atoms in total. The van der Waals surface area contributed by atoms with Crippen molar-refractivity contribution in [1.82, 2.24) is 4.90 Å². The first-order valence-corrected chi connectivity index (χ1v) is 6.40. The van der Waals surface area contributed by atoms with Crippen molar-refractivity contribution in [3.63, 3.8) is 0 Å². The van der Waals surface area contributed by atoms with E-state index in [1.807, 2.05) is 38.4 Å².